The SMILES string of the molecule is Cc1ccc([C](c2ccc(C)o2)n2cc(C(=O)CS(C)(=O)=O)c3ccccc32)c(N2CCCCC2)c1. The fraction of sp³-hybridized carbons (Fsp3) is 0.310. The van der Waals surface area contributed by atoms with E-state index in [0.717, 1.165) is 66.1 Å². The molecule has 0 aliphatic carbocycles. The number of para-hydroxylation sites is 1. The van der Waals surface area contributed by atoms with Gasteiger partial charge in [-0.2, -0.15) is 0 Å². The maximum Gasteiger partial charge on any atom is 0.180 e. The summed E-state index contributed by atoms with van der Waals surface area (Å²) in [6, 6.07) is 18.8. The zero-order valence-electron chi connectivity index (χ0n) is 21.0. The van der Waals surface area contributed by atoms with Crippen LogP contribution in [0.2, 0.25) is 0 Å². The zero-order chi connectivity index (χ0) is 25.4. The Morgan fingerprint density at radius 2 is 1.69 bits per heavy atom. The number of hydrogen-bond acceptors (Lipinski definition) is 5. The highest BCUT2D eigenvalue weighted by atomic mass is 32.2. The fourth-order valence-electron chi connectivity index (χ4n) is 5.08. The monoisotopic (exact) mass is 503 g/mol. The Kier molecular flexibility index (Phi) is 6.51. The average molecular weight is 504 g/mol. The van der Waals surface area contributed by atoms with E-state index in [1.807, 2.05) is 47.9 Å². The van der Waals surface area contributed by atoms with Crippen LogP contribution in [0.1, 0.15) is 52.3 Å². The second-order valence-electron chi connectivity index (χ2n) is 9.75. The number of anilines is 1. The van der Waals surface area contributed by atoms with E-state index < -0.39 is 21.4 Å². The summed E-state index contributed by atoms with van der Waals surface area (Å²) >= 11 is 0. The zero-order valence-corrected chi connectivity index (χ0v) is 21.8. The second kappa shape index (κ2) is 9.62. The van der Waals surface area contributed by atoms with E-state index in [9.17, 15) is 13.2 Å². The summed E-state index contributed by atoms with van der Waals surface area (Å²) < 4.78 is 32.0. The molecule has 1 aliphatic rings. The van der Waals surface area contributed by atoms with Crippen molar-refractivity contribution < 1.29 is 17.6 Å². The molecule has 3 heterocycles. The van der Waals surface area contributed by atoms with E-state index in [-0.39, 0.29) is 0 Å². The molecule has 0 bridgehead atoms. The number of nitrogens with zero attached hydrogens (tertiary/aromatic N) is 2. The van der Waals surface area contributed by atoms with Crippen LogP contribution in [0.15, 0.2) is 65.2 Å². The minimum atomic E-state index is -3.47. The van der Waals surface area contributed by atoms with Crippen LogP contribution in [0.5, 0.6) is 0 Å². The van der Waals surface area contributed by atoms with Gasteiger partial charge in [0.15, 0.2) is 21.7 Å². The van der Waals surface area contributed by atoms with Gasteiger partial charge in [-0.3, -0.25) is 4.79 Å². The maximum atomic E-state index is 13.1. The third-order valence-corrected chi connectivity index (χ3v) is 7.51. The van der Waals surface area contributed by atoms with Crippen LogP contribution in [0, 0.1) is 19.9 Å². The number of rotatable bonds is 7. The van der Waals surface area contributed by atoms with Gasteiger partial charge in [0.1, 0.15) is 17.3 Å². The van der Waals surface area contributed by atoms with E-state index >= 15 is 0 Å². The predicted octanol–water partition coefficient (Wildman–Crippen LogP) is 5.55. The summed E-state index contributed by atoms with van der Waals surface area (Å²) in [5, 5.41) is 0.721. The Balaban J connectivity index is 1.74. The number of sulfone groups is 1. The summed E-state index contributed by atoms with van der Waals surface area (Å²) in [7, 11) is -3.47. The number of aromatic nitrogens is 1. The van der Waals surface area contributed by atoms with Crippen LogP contribution in [0.4, 0.5) is 5.69 Å². The third kappa shape index (κ3) is 4.85. The summed E-state index contributed by atoms with van der Waals surface area (Å²) in [4.78, 5) is 15.5. The quantitative estimate of drug-likeness (QED) is 0.310. The first-order chi connectivity index (χ1) is 17.2. The molecule has 6 nitrogen and oxygen atoms in total. The van der Waals surface area contributed by atoms with Gasteiger partial charge in [-0.1, -0.05) is 30.3 Å². The number of ketones is 1. The van der Waals surface area contributed by atoms with Crippen LogP contribution in [0.25, 0.3) is 10.9 Å². The normalized spacial score (nSPS) is 14.6. The molecule has 2 aromatic heterocycles. The van der Waals surface area contributed by atoms with Crippen molar-refractivity contribution in [2.45, 2.75) is 33.1 Å². The Hall–Kier alpha value is -3.32. The molecule has 0 saturated carbocycles. The molecule has 0 N–H and O–H groups in total. The molecule has 4 aromatic rings. The van der Waals surface area contributed by atoms with Gasteiger partial charge in [-0.25, -0.2) is 8.42 Å². The second-order valence-corrected chi connectivity index (χ2v) is 11.9. The number of aryl methyl sites for hydroxylation is 2. The smallest absolute Gasteiger partial charge is 0.180 e. The van der Waals surface area contributed by atoms with Crippen LogP contribution < -0.4 is 4.90 Å². The largest absolute Gasteiger partial charge is 0.463 e. The van der Waals surface area contributed by atoms with E-state index in [1.165, 1.54) is 12.0 Å². The van der Waals surface area contributed by atoms with Crippen molar-refractivity contribution in [2.75, 3.05) is 30.0 Å². The minimum Gasteiger partial charge on any atom is -0.463 e. The molecule has 0 spiro atoms. The maximum absolute atomic E-state index is 13.1. The minimum absolute atomic E-state index is 0.392. The number of fused-ring (bicyclic) bond motifs is 1. The standard InChI is InChI=1S/C29H31N2O4S/c1-20-11-13-23(26(17-20)30-15-7-4-8-16-30)29(28-14-12-21(2)35-28)31-18-24(27(32)19-36(3,33)34)22-9-5-6-10-25(22)31/h5-6,9-14,17-18H,4,7-8,15-16,19H2,1-3H3. The lowest BCUT2D eigenvalue weighted by atomic mass is 9.97. The lowest BCUT2D eigenvalue weighted by Crippen LogP contribution is -2.31. The van der Waals surface area contributed by atoms with Crippen molar-refractivity contribution >= 4 is 32.2 Å². The molecule has 187 valence electrons. The van der Waals surface area contributed by atoms with Crippen LogP contribution in [0.3, 0.4) is 0 Å². The Labute approximate surface area is 212 Å². The molecule has 1 saturated heterocycles. The number of carbonyl (C=O) groups is 1. The van der Waals surface area contributed by atoms with Crippen molar-refractivity contribution in [2.24, 2.45) is 0 Å². The summed E-state index contributed by atoms with van der Waals surface area (Å²) in [5.41, 5.74) is 4.54. The summed E-state index contributed by atoms with van der Waals surface area (Å²) in [6.07, 6.45) is 6.40. The van der Waals surface area contributed by atoms with Crippen molar-refractivity contribution in [3.8, 4) is 0 Å². The van der Waals surface area contributed by atoms with E-state index in [2.05, 4.69) is 30.0 Å². The molecule has 0 amide bonds. The molecule has 1 radical (unpaired) electrons. The number of hydrogen-bond donors (Lipinski definition) is 0. The van der Waals surface area contributed by atoms with Crippen LogP contribution in [-0.2, 0) is 9.84 Å². The topological polar surface area (TPSA) is 72.5 Å². The van der Waals surface area contributed by atoms with Gasteiger partial charge < -0.3 is 13.9 Å². The highest BCUT2D eigenvalue weighted by Gasteiger charge is 2.30. The average Bonchev–Trinajstić information content (AvgIpc) is 3.44. The molecule has 1 fully saturated rings. The van der Waals surface area contributed by atoms with Gasteiger partial charge in [-0.05, 0) is 62.9 Å². The van der Waals surface area contributed by atoms with Gasteiger partial charge in [0.25, 0.3) is 0 Å². The van der Waals surface area contributed by atoms with Gasteiger partial charge in [-0.15, -0.1) is 0 Å². The molecule has 36 heavy (non-hydrogen) atoms. The number of benzene rings is 2. The molecule has 7 heteroatoms. The first-order valence-electron chi connectivity index (χ1n) is 12.3. The van der Waals surface area contributed by atoms with Gasteiger partial charge in [0, 0.05) is 47.7 Å². The van der Waals surface area contributed by atoms with Crippen molar-refractivity contribution in [3.05, 3.63) is 95.0 Å². The Morgan fingerprint density at radius 1 is 0.944 bits per heavy atom. The number of furan rings is 1. The molecule has 5 rings (SSSR count). The van der Waals surface area contributed by atoms with Gasteiger partial charge in [0.05, 0.1) is 5.52 Å². The molecular weight excluding hydrogens is 472 g/mol. The predicted molar refractivity (Wildman–Crippen MR) is 144 cm³/mol. The number of piperidine rings is 1. The molecule has 0 unspecified atom stereocenters. The van der Waals surface area contributed by atoms with Crippen LogP contribution in [-0.4, -0.2) is 43.9 Å². The lowest BCUT2D eigenvalue weighted by Gasteiger charge is -2.32. The summed E-state index contributed by atoms with van der Waals surface area (Å²) in [5.74, 6) is 0.541. The molecular formula is C29H31N2O4S. The Bertz CT molecular complexity index is 1520. The van der Waals surface area contributed by atoms with Crippen molar-refractivity contribution in [3.63, 3.8) is 0 Å². The van der Waals surface area contributed by atoms with Crippen molar-refractivity contribution in [1.82, 2.24) is 4.57 Å². The highest BCUT2D eigenvalue weighted by molar-refractivity contribution is 7.91. The van der Waals surface area contributed by atoms with Crippen molar-refractivity contribution in [1.29, 1.82) is 0 Å². The van der Waals surface area contributed by atoms with E-state index in [0.29, 0.717) is 11.3 Å². The first kappa shape index (κ1) is 24.4. The Morgan fingerprint density at radius 3 is 2.39 bits per heavy atom. The lowest BCUT2D eigenvalue weighted by molar-refractivity contribution is 0.102. The number of Topliss-reactive ketones (excluding diaryl/α,β-unsaturated/α-hetero) is 1. The van der Waals surface area contributed by atoms with E-state index in [1.54, 1.807) is 6.20 Å². The molecule has 1 aliphatic heterocycles. The highest BCUT2D eigenvalue weighted by Crippen LogP contribution is 2.38. The first-order valence-corrected chi connectivity index (χ1v) is 14.4. The number of carbonyl (C=O) groups excluding carboxylic acids is 1. The third-order valence-electron chi connectivity index (χ3n) is 6.73. The molecule has 2 aromatic carbocycles. The summed E-state index contributed by atoms with van der Waals surface area (Å²) in [6.45, 7) is 5.99. The van der Waals surface area contributed by atoms with Crippen LogP contribution >= 0.6 is 0 Å². The van der Waals surface area contributed by atoms with Gasteiger partial charge in [0.2, 0.25) is 0 Å². The van der Waals surface area contributed by atoms with E-state index in [4.69, 9.17) is 4.42 Å². The van der Waals surface area contributed by atoms with Gasteiger partial charge >= 0.3 is 0 Å². The fourth-order valence-corrected chi connectivity index (χ4v) is 5.72. The molecule has 0 atom stereocenters.